The normalized spacial score (nSPS) is 11.4. The quantitative estimate of drug-likeness (QED) is 0.170. The molecule has 0 aliphatic heterocycles. The van der Waals surface area contributed by atoms with Crippen molar-refractivity contribution in [2.24, 2.45) is 0 Å². The zero-order chi connectivity index (χ0) is 38.6. The molecule has 0 aliphatic carbocycles. The van der Waals surface area contributed by atoms with E-state index in [-0.39, 0.29) is 0 Å². The van der Waals surface area contributed by atoms with E-state index in [2.05, 4.69) is 126 Å². The van der Waals surface area contributed by atoms with Gasteiger partial charge >= 0.3 is 0 Å². The molecule has 0 fully saturated rings. The maximum absolute atomic E-state index is 10.7. The Hall–Kier alpha value is -8.07. The lowest BCUT2D eigenvalue weighted by atomic mass is 9.91. The molecule has 58 heavy (non-hydrogen) atoms. The van der Waals surface area contributed by atoms with Crippen LogP contribution in [0.25, 0.3) is 106 Å². The molecule has 11 rings (SSSR count). The van der Waals surface area contributed by atoms with Crippen LogP contribution in [-0.2, 0) is 0 Å². The molecule has 0 atom stereocenters. The summed E-state index contributed by atoms with van der Waals surface area (Å²) in [6.07, 6.45) is 0. The van der Waals surface area contributed by atoms with Gasteiger partial charge in [0.15, 0.2) is 5.82 Å². The fraction of sp³-hybridized carbons (Fsp3) is 0. The second kappa shape index (κ2) is 13.6. The summed E-state index contributed by atoms with van der Waals surface area (Å²) in [5.74, 6) is 0.525. The Labute approximate surface area is 334 Å². The second-order valence-electron chi connectivity index (χ2n) is 14.4. The van der Waals surface area contributed by atoms with Crippen molar-refractivity contribution >= 4 is 43.7 Å². The first kappa shape index (κ1) is 33.3. The van der Waals surface area contributed by atoms with E-state index in [0.29, 0.717) is 22.8 Å². The highest BCUT2D eigenvalue weighted by molar-refractivity contribution is 6.24. The zero-order valence-electron chi connectivity index (χ0n) is 31.2. The molecule has 0 spiro atoms. The van der Waals surface area contributed by atoms with Crippen LogP contribution in [0.5, 0.6) is 0 Å². The topological polar surface area (TPSA) is 67.6 Å². The Kier molecular flexibility index (Phi) is 7.80. The predicted molar refractivity (Wildman–Crippen MR) is 236 cm³/mol. The van der Waals surface area contributed by atoms with E-state index in [1.165, 1.54) is 0 Å². The standard InChI is InChI=1S/C53H32N4O/c54-33-44-50(36-21-9-3-10-22-36)55-53(56-51(44)37-23-11-4-12-24-37)43-32-47(42(35-19-7-2-8-20-35)31-41(43)34-17-5-1-6-18-34)57-45-27-15-13-26-40(45)49-46(57)30-29-39-38-25-14-16-28-48(38)58-52(39)49/h1-32H. The Morgan fingerprint density at radius 2 is 0.983 bits per heavy atom. The van der Waals surface area contributed by atoms with E-state index < -0.39 is 0 Å². The molecular weight excluding hydrogens is 709 g/mol. The van der Waals surface area contributed by atoms with Gasteiger partial charge in [-0.2, -0.15) is 5.26 Å². The van der Waals surface area contributed by atoms with Crippen LogP contribution >= 0.6 is 0 Å². The third-order valence-electron chi connectivity index (χ3n) is 11.1. The Balaban J connectivity index is 1.29. The predicted octanol–water partition coefficient (Wildman–Crippen LogP) is 13.7. The molecule has 8 aromatic carbocycles. The smallest absolute Gasteiger partial charge is 0.161 e. The average molecular weight is 741 g/mol. The van der Waals surface area contributed by atoms with Gasteiger partial charge in [-0.05, 0) is 53.1 Å². The van der Waals surface area contributed by atoms with Crippen LogP contribution in [0.1, 0.15) is 5.56 Å². The van der Waals surface area contributed by atoms with Gasteiger partial charge in [0.2, 0.25) is 0 Å². The van der Waals surface area contributed by atoms with E-state index in [4.69, 9.17) is 14.4 Å². The average Bonchev–Trinajstić information content (AvgIpc) is 3.85. The molecule has 3 aromatic heterocycles. The van der Waals surface area contributed by atoms with E-state index in [1.54, 1.807) is 0 Å². The first-order valence-electron chi connectivity index (χ1n) is 19.3. The minimum Gasteiger partial charge on any atom is -0.455 e. The van der Waals surface area contributed by atoms with Crippen LogP contribution in [0.2, 0.25) is 0 Å². The van der Waals surface area contributed by atoms with Crippen LogP contribution in [-0.4, -0.2) is 14.5 Å². The third-order valence-corrected chi connectivity index (χ3v) is 11.1. The van der Waals surface area contributed by atoms with Crippen molar-refractivity contribution in [3.63, 3.8) is 0 Å². The fourth-order valence-electron chi connectivity index (χ4n) is 8.46. The summed E-state index contributed by atoms with van der Waals surface area (Å²) in [4.78, 5) is 10.6. The first-order valence-corrected chi connectivity index (χ1v) is 19.3. The van der Waals surface area contributed by atoms with Crippen LogP contribution < -0.4 is 0 Å². The Bertz CT molecular complexity index is 3320. The molecule has 0 N–H and O–H groups in total. The van der Waals surface area contributed by atoms with Gasteiger partial charge in [0.05, 0.1) is 33.5 Å². The summed E-state index contributed by atoms with van der Waals surface area (Å²) in [5.41, 5.74) is 13.1. The van der Waals surface area contributed by atoms with Crippen molar-refractivity contribution < 1.29 is 4.42 Å². The van der Waals surface area contributed by atoms with Crippen LogP contribution in [0.4, 0.5) is 0 Å². The molecule has 0 unspecified atom stereocenters. The van der Waals surface area contributed by atoms with Gasteiger partial charge in [0, 0.05) is 38.4 Å². The van der Waals surface area contributed by atoms with Gasteiger partial charge in [0.1, 0.15) is 22.8 Å². The van der Waals surface area contributed by atoms with Crippen molar-refractivity contribution in [1.29, 1.82) is 5.26 Å². The second-order valence-corrected chi connectivity index (χ2v) is 14.4. The molecule has 0 bridgehead atoms. The molecule has 3 heterocycles. The number of hydrogen-bond donors (Lipinski definition) is 0. The molecule has 5 heteroatoms. The van der Waals surface area contributed by atoms with Crippen molar-refractivity contribution in [2.45, 2.75) is 0 Å². The summed E-state index contributed by atoms with van der Waals surface area (Å²) in [6, 6.07) is 69.0. The summed E-state index contributed by atoms with van der Waals surface area (Å²) in [6.45, 7) is 0. The molecule has 11 aromatic rings. The van der Waals surface area contributed by atoms with Crippen LogP contribution in [0.3, 0.4) is 0 Å². The van der Waals surface area contributed by atoms with Gasteiger partial charge in [-0.25, -0.2) is 9.97 Å². The van der Waals surface area contributed by atoms with Gasteiger partial charge in [0.25, 0.3) is 0 Å². The van der Waals surface area contributed by atoms with E-state index >= 15 is 0 Å². The van der Waals surface area contributed by atoms with Gasteiger partial charge in [-0.3, -0.25) is 0 Å². The van der Waals surface area contributed by atoms with Crippen molar-refractivity contribution in [3.8, 4) is 67.9 Å². The van der Waals surface area contributed by atoms with Crippen LogP contribution in [0.15, 0.2) is 199 Å². The highest BCUT2D eigenvalue weighted by atomic mass is 16.3. The third kappa shape index (κ3) is 5.31. The summed E-state index contributed by atoms with van der Waals surface area (Å²) in [7, 11) is 0. The van der Waals surface area contributed by atoms with Crippen molar-refractivity contribution in [1.82, 2.24) is 14.5 Å². The SMILES string of the molecule is N#Cc1c(-c2ccccc2)nc(-c2cc(-n3c4ccccc4c4c5oc6ccccc6c5ccc43)c(-c3ccccc3)cc2-c2ccccc2)nc1-c1ccccc1. The monoisotopic (exact) mass is 740 g/mol. The van der Waals surface area contributed by atoms with Gasteiger partial charge < -0.3 is 8.98 Å². The molecule has 5 nitrogen and oxygen atoms in total. The summed E-state index contributed by atoms with van der Waals surface area (Å²) < 4.78 is 9.04. The number of rotatable bonds is 6. The lowest BCUT2D eigenvalue weighted by molar-refractivity contribution is 0.673. The fourth-order valence-corrected chi connectivity index (χ4v) is 8.46. The number of nitrogens with zero attached hydrogens (tertiary/aromatic N) is 4. The largest absolute Gasteiger partial charge is 0.455 e. The van der Waals surface area contributed by atoms with Crippen molar-refractivity contribution in [3.05, 3.63) is 200 Å². The number of nitriles is 1. The van der Waals surface area contributed by atoms with Crippen molar-refractivity contribution in [2.75, 3.05) is 0 Å². The zero-order valence-corrected chi connectivity index (χ0v) is 31.2. The summed E-state index contributed by atoms with van der Waals surface area (Å²) in [5, 5.41) is 15.1. The Morgan fingerprint density at radius 1 is 0.448 bits per heavy atom. The number of fused-ring (bicyclic) bond motifs is 7. The maximum atomic E-state index is 10.7. The minimum atomic E-state index is 0.431. The lowest BCUT2D eigenvalue weighted by Gasteiger charge is -2.20. The summed E-state index contributed by atoms with van der Waals surface area (Å²) >= 11 is 0. The maximum Gasteiger partial charge on any atom is 0.161 e. The lowest BCUT2D eigenvalue weighted by Crippen LogP contribution is -2.04. The van der Waals surface area contributed by atoms with Gasteiger partial charge in [-0.15, -0.1) is 0 Å². The minimum absolute atomic E-state index is 0.431. The van der Waals surface area contributed by atoms with Crippen LogP contribution in [0, 0.1) is 11.3 Å². The highest BCUT2D eigenvalue weighted by Gasteiger charge is 2.25. The van der Waals surface area contributed by atoms with Gasteiger partial charge in [-0.1, -0.05) is 158 Å². The van der Waals surface area contributed by atoms with E-state index in [9.17, 15) is 5.26 Å². The molecule has 0 amide bonds. The molecule has 0 saturated carbocycles. The number of aromatic nitrogens is 3. The number of benzene rings is 8. The number of furan rings is 1. The highest BCUT2D eigenvalue weighted by Crippen LogP contribution is 2.45. The first-order chi connectivity index (χ1) is 28.7. The number of hydrogen-bond acceptors (Lipinski definition) is 4. The molecule has 270 valence electrons. The molecule has 0 aliphatic rings. The Morgan fingerprint density at radius 3 is 1.60 bits per heavy atom. The van der Waals surface area contributed by atoms with E-state index in [1.807, 2.05) is 78.9 Å². The number of para-hydroxylation sites is 2. The molecule has 0 saturated heterocycles. The molecular formula is C53H32N4O. The molecule has 0 radical (unpaired) electrons. The van der Waals surface area contributed by atoms with E-state index in [0.717, 1.165) is 88.4 Å².